The summed E-state index contributed by atoms with van der Waals surface area (Å²) >= 11 is 0. The van der Waals surface area contributed by atoms with Crippen LogP contribution in [0, 0.1) is 6.92 Å². The first-order valence-corrected chi connectivity index (χ1v) is 6.75. The second kappa shape index (κ2) is 5.40. The minimum Gasteiger partial charge on any atom is -0.508 e. The summed E-state index contributed by atoms with van der Waals surface area (Å²) in [5, 5.41) is 17.6. The maximum atomic E-state index is 9.35. The Labute approximate surface area is 127 Å². The molecule has 3 N–H and O–H groups in total. The van der Waals surface area contributed by atoms with E-state index in [1.165, 1.54) is 0 Å². The van der Waals surface area contributed by atoms with Gasteiger partial charge in [0, 0.05) is 5.56 Å². The topological polar surface area (TPSA) is 86.2 Å². The number of aromatic nitrogens is 3. The van der Waals surface area contributed by atoms with Gasteiger partial charge in [0.25, 0.3) is 0 Å². The number of ether oxygens (including phenoxy) is 1. The molecule has 0 fully saturated rings. The third-order valence-corrected chi connectivity index (χ3v) is 3.49. The average molecular weight is 296 g/mol. The number of hydrogen-bond acceptors (Lipinski definition) is 5. The van der Waals surface area contributed by atoms with Crippen LogP contribution < -0.4 is 10.5 Å². The largest absolute Gasteiger partial charge is 0.508 e. The Morgan fingerprint density at radius 3 is 2.50 bits per heavy atom. The van der Waals surface area contributed by atoms with E-state index >= 15 is 0 Å². The predicted octanol–water partition coefficient (Wildman–Crippen LogP) is 2.54. The summed E-state index contributed by atoms with van der Waals surface area (Å²) in [4.78, 5) is 0. The van der Waals surface area contributed by atoms with E-state index < -0.39 is 0 Å². The van der Waals surface area contributed by atoms with Gasteiger partial charge in [0.2, 0.25) is 0 Å². The van der Waals surface area contributed by atoms with Gasteiger partial charge in [0.05, 0.1) is 12.8 Å². The number of phenols is 1. The standard InChI is InChI=1S/C16H16N4O2/c1-10-9-13(22-2)7-8-14(10)15-16(17)20(19-18-15)11-3-5-12(21)6-4-11/h3-9,21H,17H2,1-2H3. The summed E-state index contributed by atoms with van der Waals surface area (Å²) in [6, 6.07) is 12.3. The van der Waals surface area contributed by atoms with E-state index in [0.29, 0.717) is 11.5 Å². The molecule has 22 heavy (non-hydrogen) atoms. The first kappa shape index (κ1) is 13.9. The lowest BCUT2D eigenvalue weighted by Crippen LogP contribution is -2.02. The van der Waals surface area contributed by atoms with Gasteiger partial charge in [-0.3, -0.25) is 0 Å². The molecule has 0 unspecified atom stereocenters. The molecular formula is C16H16N4O2. The third-order valence-electron chi connectivity index (χ3n) is 3.49. The number of hydrogen-bond donors (Lipinski definition) is 2. The number of nitrogen functional groups attached to an aromatic ring is 1. The van der Waals surface area contributed by atoms with Crippen molar-refractivity contribution in [3.05, 3.63) is 48.0 Å². The van der Waals surface area contributed by atoms with Gasteiger partial charge in [-0.2, -0.15) is 4.68 Å². The van der Waals surface area contributed by atoms with Gasteiger partial charge in [-0.25, -0.2) is 0 Å². The van der Waals surface area contributed by atoms with Crippen LogP contribution in [0.5, 0.6) is 11.5 Å². The van der Waals surface area contributed by atoms with Crippen LogP contribution in [0.25, 0.3) is 16.9 Å². The molecule has 6 heteroatoms. The number of phenolic OH excluding ortho intramolecular Hbond substituents is 1. The maximum Gasteiger partial charge on any atom is 0.155 e. The number of benzene rings is 2. The molecule has 3 aromatic rings. The van der Waals surface area contributed by atoms with Crippen LogP contribution >= 0.6 is 0 Å². The van der Waals surface area contributed by atoms with Crippen LogP contribution in [0.2, 0.25) is 0 Å². The van der Waals surface area contributed by atoms with E-state index in [4.69, 9.17) is 10.5 Å². The second-order valence-electron chi connectivity index (χ2n) is 4.93. The Morgan fingerprint density at radius 1 is 1.14 bits per heavy atom. The smallest absolute Gasteiger partial charge is 0.155 e. The summed E-state index contributed by atoms with van der Waals surface area (Å²) in [6.45, 7) is 1.97. The second-order valence-corrected chi connectivity index (χ2v) is 4.93. The highest BCUT2D eigenvalue weighted by atomic mass is 16.5. The quantitative estimate of drug-likeness (QED) is 0.775. The summed E-state index contributed by atoms with van der Waals surface area (Å²) in [5.74, 6) is 1.42. The first-order valence-electron chi connectivity index (χ1n) is 6.75. The van der Waals surface area contributed by atoms with Crippen LogP contribution in [0.4, 0.5) is 5.82 Å². The Hall–Kier alpha value is -3.02. The van der Waals surface area contributed by atoms with Crippen LogP contribution in [0.3, 0.4) is 0 Å². The van der Waals surface area contributed by atoms with Crippen LogP contribution in [-0.4, -0.2) is 27.2 Å². The fourth-order valence-electron chi connectivity index (χ4n) is 2.29. The van der Waals surface area contributed by atoms with Crippen LogP contribution in [-0.2, 0) is 0 Å². The summed E-state index contributed by atoms with van der Waals surface area (Å²) < 4.78 is 6.75. The van der Waals surface area contributed by atoms with E-state index in [1.54, 1.807) is 36.1 Å². The van der Waals surface area contributed by atoms with E-state index in [9.17, 15) is 5.11 Å². The van der Waals surface area contributed by atoms with Gasteiger partial charge >= 0.3 is 0 Å². The van der Waals surface area contributed by atoms with Crippen molar-refractivity contribution in [2.45, 2.75) is 6.92 Å². The monoisotopic (exact) mass is 296 g/mol. The lowest BCUT2D eigenvalue weighted by atomic mass is 10.1. The Morgan fingerprint density at radius 2 is 1.86 bits per heavy atom. The normalized spacial score (nSPS) is 10.6. The molecule has 0 bridgehead atoms. The highest BCUT2D eigenvalue weighted by Crippen LogP contribution is 2.30. The van der Waals surface area contributed by atoms with Crippen molar-refractivity contribution in [3.8, 4) is 28.4 Å². The molecule has 0 radical (unpaired) electrons. The number of rotatable bonds is 3. The zero-order chi connectivity index (χ0) is 15.7. The highest BCUT2D eigenvalue weighted by Gasteiger charge is 2.15. The number of aryl methyl sites for hydroxylation is 1. The van der Waals surface area contributed by atoms with Crippen molar-refractivity contribution < 1.29 is 9.84 Å². The number of anilines is 1. The van der Waals surface area contributed by atoms with Crippen molar-refractivity contribution in [3.63, 3.8) is 0 Å². The fraction of sp³-hybridized carbons (Fsp3) is 0.125. The first-order chi connectivity index (χ1) is 10.6. The predicted molar refractivity (Wildman–Crippen MR) is 84.2 cm³/mol. The van der Waals surface area contributed by atoms with Crippen molar-refractivity contribution in [2.75, 3.05) is 12.8 Å². The number of nitrogens with zero attached hydrogens (tertiary/aromatic N) is 3. The Kier molecular flexibility index (Phi) is 3.42. The molecular weight excluding hydrogens is 280 g/mol. The van der Waals surface area contributed by atoms with E-state index in [0.717, 1.165) is 22.6 Å². The summed E-state index contributed by atoms with van der Waals surface area (Å²) in [6.07, 6.45) is 0. The van der Waals surface area contributed by atoms with Gasteiger partial charge < -0.3 is 15.6 Å². The van der Waals surface area contributed by atoms with Gasteiger partial charge in [-0.15, -0.1) is 5.10 Å². The molecule has 0 aliphatic rings. The molecule has 0 spiro atoms. The maximum absolute atomic E-state index is 9.35. The molecule has 112 valence electrons. The number of methoxy groups -OCH3 is 1. The minimum atomic E-state index is 0.189. The van der Waals surface area contributed by atoms with E-state index in [1.807, 2.05) is 25.1 Å². The van der Waals surface area contributed by atoms with E-state index in [2.05, 4.69) is 10.3 Å². The van der Waals surface area contributed by atoms with Gasteiger partial charge in [0.15, 0.2) is 5.82 Å². The molecule has 3 rings (SSSR count). The third kappa shape index (κ3) is 2.35. The minimum absolute atomic E-state index is 0.189. The molecule has 6 nitrogen and oxygen atoms in total. The molecule has 0 aliphatic heterocycles. The van der Waals surface area contributed by atoms with Crippen LogP contribution in [0.15, 0.2) is 42.5 Å². The molecule has 2 aromatic carbocycles. The molecule has 0 atom stereocenters. The lowest BCUT2D eigenvalue weighted by Gasteiger charge is -2.07. The van der Waals surface area contributed by atoms with Gasteiger partial charge in [-0.1, -0.05) is 5.21 Å². The zero-order valence-corrected chi connectivity index (χ0v) is 12.3. The van der Waals surface area contributed by atoms with Crippen LogP contribution in [0.1, 0.15) is 5.56 Å². The molecule has 0 aliphatic carbocycles. The fourth-order valence-corrected chi connectivity index (χ4v) is 2.29. The molecule has 1 aromatic heterocycles. The number of nitrogens with two attached hydrogens (primary N) is 1. The summed E-state index contributed by atoms with van der Waals surface area (Å²) in [5.41, 5.74) is 9.45. The zero-order valence-electron chi connectivity index (χ0n) is 12.3. The molecule has 0 saturated carbocycles. The van der Waals surface area contributed by atoms with Gasteiger partial charge in [-0.05, 0) is 55.0 Å². The molecule has 1 heterocycles. The summed E-state index contributed by atoms with van der Waals surface area (Å²) in [7, 11) is 1.63. The van der Waals surface area contributed by atoms with Crippen molar-refractivity contribution in [1.82, 2.24) is 15.0 Å². The lowest BCUT2D eigenvalue weighted by molar-refractivity contribution is 0.414. The number of aromatic hydroxyl groups is 1. The van der Waals surface area contributed by atoms with Crippen molar-refractivity contribution >= 4 is 5.82 Å². The average Bonchev–Trinajstić information content (AvgIpc) is 2.89. The van der Waals surface area contributed by atoms with Crippen molar-refractivity contribution in [2.24, 2.45) is 0 Å². The Balaban J connectivity index is 2.05. The molecule has 0 amide bonds. The Bertz CT molecular complexity index is 810. The molecule has 0 saturated heterocycles. The van der Waals surface area contributed by atoms with Crippen molar-refractivity contribution in [1.29, 1.82) is 0 Å². The highest BCUT2D eigenvalue weighted by molar-refractivity contribution is 5.74. The van der Waals surface area contributed by atoms with Gasteiger partial charge in [0.1, 0.15) is 17.2 Å². The SMILES string of the molecule is COc1ccc(-c2nnn(-c3ccc(O)cc3)c2N)c(C)c1. The van der Waals surface area contributed by atoms with E-state index in [-0.39, 0.29) is 5.75 Å².